The molecule has 2 nitrogen and oxygen atoms in total. The van der Waals surface area contributed by atoms with E-state index in [2.05, 4.69) is 37.3 Å². The molecular weight excluding hydrogens is 222 g/mol. The minimum absolute atomic E-state index is 0.0441. The van der Waals surface area contributed by atoms with Crippen LogP contribution in [0.1, 0.15) is 38.3 Å². The zero-order chi connectivity index (χ0) is 13.0. The minimum Gasteiger partial charge on any atom is -0.494 e. The van der Waals surface area contributed by atoms with Crippen molar-refractivity contribution in [2.24, 2.45) is 5.73 Å². The second kappa shape index (κ2) is 5.87. The third kappa shape index (κ3) is 2.49. The van der Waals surface area contributed by atoms with Gasteiger partial charge >= 0.3 is 0 Å². The molecule has 1 unspecified atom stereocenters. The molecular formula is C16H21NO. The Labute approximate surface area is 109 Å². The molecule has 0 bridgehead atoms. The highest BCUT2D eigenvalue weighted by Crippen LogP contribution is 2.33. The van der Waals surface area contributed by atoms with Crippen molar-refractivity contribution in [2.45, 2.75) is 32.7 Å². The van der Waals surface area contributed by atoms with Crippen LogP contribution in [0.25, 0.3) is 10.8 Å². The van der Waals surface area contributed by atoms with Crippen LogP contribution in [0.5, 0.6) is 5.75 Å². The van der Waals surface area contributed by atoms with E-state index in [4.69, 9.17) is 10.5 Å². The summed E-state index contributed by atoms with van der Waals surface area (Å²) in [5, 5.41) is 2.44. The largest absolute Gasteiger partial charge is 0.494 e. The van der Waals surface area contributed by atoms with Crippen LogP contribution in [0, 0.1) is 0 Å². The van der Waals surface area contributed by atoms with Gasteiger partial charge < -0.3 is 10.5 Å². The first kappa shape index (κ1) is 12.9. The molecule has 2 aromatic rings. The summed E-state index contributed by atoms with van der Waals surface area (Å²) >= 11 is 0. The minimum atomic E-state index is 0.0441. The van der Waals surface area contributed by atoms with E-state index in [9.17, 15) is 0 Å². The van der Waals surface area contributed by atoms with Crippen LogP contribution in [0.3, 0.4) is 0 Å². The van der Waals surface area contributed by atoms with Gasteiger partial charge in [0.15, 0.2) is 0 Å². The number of rotatable bonds is 5. The fourth-order valence-electron chi connectivity index (χ4n) is 2.39. The summed E-state index contributed by atoms with van der Waals surface area (Å²) in [6.45, 7) is 4.83. The smallest absolute Gasteiger partial charge is 0.124 e. The molecule has 2 aromatic carbocycles. The molecule has 0 saturated carbocycles. The Morgan fingerprint density at radius 3 is 2.61 bits per heavy atom. The van der Waals surface area contributed by atoms with E-state index in [1.54, 1.807) is 0 Å². The quantitative estimate of drug-likeness (QED) is 0.860. The molecule has 2 rings (SSSR count). The number of hydrogen-bond acceptors (Lipinski definition) is 2. The van der Waals surface area contributed by atoms with Crippen molar-refractivity contribution in [3.63, 3.8) is 0 Å². The highest BCUT2D eigenvalue weighted by Gasteiger charge is 2.15. The van der Waals surface area contributed by atoms with Crippen molar-refractivity contribution in [3.05, 3.63) is 42.0 Å². The van der Waals surface area contributed by atoms with E-state index in [0.717, 1.165) is 24.2 Å². The zero-order valence-corrected chi connectivity index (χ0v) is 11.1. The molecule has 0 radical (unpaired) electrons. The standard InChI is InChI=1S/C16H21NO/c1-3-7-14(17)16-13-9-6-5-8-12(13)10-11-15(16)18-4-2/h5-6,8-11,14H,3-4,7,17H2,1-2H3. The topological polar surface area (TPSA) is 35.2 Å². The lowest BCUT2D eigenvalue weighted by Crippen LogP contribution is -2.12. The Balaban J connectivity index is 2.58. The molecule has 0 fully saturated rings. The van der Waals surface area contributed by atoms with Crippen LogP contribution in [0.4, 0.5) is 0 Å². The first-order valence-corrected chi connectivity index (χ1v) is 6.68. The number of ether oxygens (including phenoxy) is 1. The van der Waals surface area contributed by atoms with Crippen LogP contribution >= 0.6 is 0 Å². The molecule has 0 aromatic heterocycles. The molecule has 2 N–H and O–H groups in total. The number of hydrogen-bond donors (Lipinski definition) is 1. The second-order valence-electron chi connectivity index (χ2n) is 4.53. The van der Waals surface area contributed by atoms with Gasteiger partial charge in [-0.2, -0.15) is 0 Å². The molecule has 0 spiro atoms. The summed E-state index contributed by atoms with van der Waals surface area (Å²) in [5.41, 5.74) is 7.47. The number of benzene rings is 2. The number of nitrogens with two attached hydrogens (primary N) is 1. The Bertz CT molecular complexity index is 521. The zero-order valence-electron chi connectivity index (χ0n) is 11.1. The molecule has 0 amide bonds. The Morgan fingerprint density at radius 1 is 1.11 bits per heavy atom. The monoisotopic (exact) mass is 243 g/mol. The molecule has 0 aliphatic heterocycles. The van der Waals surface area contributed by atoms with Crippen molar-refractivity contribution in [3.8, 4) is 5.75 Å². The summed E-state index contributed by atoms with van der Waals surface area (Å²) < 4.78 is 5.73. The third-order valence-corrected chi connectivity index (χ3v) is 3.20. The molecule has 96 valence electrons. The molecule has 1 atom stereocenters. The van der Waals surface area contributed by atoms with Crippen LogP contribution in [0.2, 0.25) is 0 Å². The lowest BCUT2D eigenvalue weighted by Gasteiger charge is -2.18. The van der Waals surface area contributed by atoms with Gasteiger partial charge in [-0.25, -0.2) is 0 Å². The number of fused-ring (bicyclic) bond motifs is 1. The van der Waals surface area contributed by atoms with Crippen molar-refractivity contribution in [1.82, 2.24) is 0 Å². The van der Waals surface area contributed by atoms with Crippen molar-refractivity contribution in [1.29, 1.82) is 0 Å². The van der Waals surface area contributed by atoms with Gasteiger partial charge in [0.25, 0.3) is 0 Å². The first-order valence-electron chi connectivity index (χ1n) is 6.68. The maximum atomic E-state index is 6.32. The van der Waals surface area contributed by atoms with Gasteiger partial charge in [-0.15, -0.1) is 0 Å². The van der Waals surface area contributed by atoms with Crippen LogP contribution in [-0.2, 0) is 0 Å². The van der Waals surface area contributed by atoms with Gasteiger partial charge in [-0.1, -0.05) is 43.7 Å². The normalized spacial score (nSPS) is 12.6. The van der Waals surface area contributed by atoms with Gasteiger partial charge in [-0.05, 0) is 30.2 Å². The van der Waals surface area contributed by atoms with E-state index in [-0.39, 0.29) is 6.04 Å². The van der Waals surface area contributed by atoms with E-state index in [0.29, 0.717) is 6.61 Å². The first-order chi connectivity index (χ1) is 8.77. The Kier molecular flexibility index (Phi) is 4.21. The Hall–Kier alpha value is -1.54. The molecule has 2 heteroatoms. The predicted octanol–water partition coefficient (Wildman–Crippen LogP) is 4.04. The molecule has 0 saturated heterocycles. The van der Waals surface area contributed by atoms with Gasteiger partial charge in [0.05, 0.1) is 6.61 Å². The lowest BCUT2D eigenvalue weighted by atomic mass is 9.95. The Morgan fingerprint density at radius 2 is 1.89 bits per heavy atom. The van der Waals surface area contributed by atoms with Crippen molar-refractivity contribution in [2.75, 3.05) is 6.61 Å². The average molecular weight is 243 g/mol. The fourth-order valence-corrected chi connectivity index (χ4v) is 2.39. The predicted molar refractivity (Wildman–Crippen MR) is 77.0 cm³/mol. The summed E-state index contributed by atoms with van der Waals surface area (Å²) in [6.07, 6.45) is 2.06. The maximum absolute atomic E-state index is 6.32. The van der Waals surface area contributed by atoms with Crippen LogP contribution in [-0.4, -0.2) is 6.61 Å². The van der Waals surface area contributed by atoms with Crippen LogP contribution in [0.15, 0.2) is 36.4 Å². The highest BCUT2D eigenvalue weighted by atomic mass is 16.5. The van der Waals surface area contributed by atoms with E-state index < -0.39 is 0 Å². The van der Waals surface area contributed by atoms with Crippen LogP contribution < -0.4 is 10.5 Å². The SMILES string of the molecule is CCCC(N)c1c(OCC)ccc2ccccc12. The summed E-state index contributed by atoms with van der Waals surface area (Å²) in [7, 11) is 0. The second-order valence-corrected chi connectivity index (χ2v) is 4.53. The maximum Gasteiger partial charge on any atom is 0.124 e. The fraction of sp³-hybridized carbons (Fsp3) is 0.375. The van der Waals surface area contributed by atoms with E-state index in [1.165, 1.54) is 10.8 Å². The van der Waals surface area contributed by atoms with Crippen molar-refractivity contribution >= 4 is 10.8 Å². The van der Waals surface area contributed by atoms with Crippen molar-refractivity contribution < 1.29 is 4.74 Å². The summed E-state index contributed by atoms with van der Waals surface area (Å²) in [5.74, 6) is 0.928. The molecule has 0 heterocycles. The molecule has 0 aliphatic rings. The lowest BCUT2D eigenvalue weighted by molar-refractivity contribution is 0.334. The molecule has 0 aliphatic carbocycles. The molecule has 18 heavy (non-hydrogen) atoms. The summed E-state index contributed by atoms with van der Waals surface area (Å²) in [4.78, 5) is 0. The van der Waals surface area contributed by atoms with E-state index >= 15 is 0 Å². The van der Waals surface area contributed by atoms with E-state index in [1.807, 2.05) is 13.0 Å². The average Bonchev–Trinajstić information content (AvgIpc) is 2.39. The van der Waals surface area contributed by atoms with Gasteiger partial charge in [0.2, 0.25) is 0 Å². The summed E-state index contributed by atoms with van der Waals surface area (Å²) in [6, 6.07) is 12.5. The third-order valence-electron chi connectivity index (χ3n) is 3.20. The van der Waals surface area contributed by atoms with Gasteiger partial charge in [0.1, 0.15) is 5.75 Å². The van der Waals surface area contributed by atoms with Gasteiger partial charge in [0, 0.05) is 11.6 Å². The van der Waals surface area contributed by atoms with Gasteiger partial charge in [-0.3, -0.25) is 0 Å². The highest BCUT2D eigenvalue weighted by molar-refractivity contribution is 5.88.